The van der Waals surface area contributed by atoms with Gasteiger partial charge >= 0.3 is 0 Å². The van der Waals surface area contributed by atoms with E-state index in [-0.39, 0.29) is 12.5 Å². The van der Waals surface area contributed by atoms with Crippen molar-refractivity contribution in [3.05, 3.63) is 36.5 Å². The highest BCUT2D eigenvalue weighted by atomic mass is 16.7. The van der Waals surface area contributed by atoms with Gasteiger partial charge in [-0.1, -0.05) is 147 Å². The molecule has 0 aromatic heterocycles. The molecule has 298 valence electrons. The summed E-state index contributed by atoms with van der Waals surface area (Å²) >= 11 is 0. The summed E-state index contributed by atoms with van der Waals surface area (Å²) in [5.41, 5.74) is 0. The van der Waals surface area contributed by atoms with Crippen molar-refractivity contribution in [2.24, 2.45) is 0 Å². The van der Waals surface area contributed by atoms with E-state index in [9.17, 15) is 30.3 Å². The monoisotopic (exact) mass is 724 g/mol. The first-order valence-electron chi connectivity index (χ1n) is 20.7. The molecule has 0 aliphatic carbocycles. The van der Waals surface area contributed by atoms with Gasteiger partial charge in [0.1, 0.15) is 24.4 Å². The van der Waals surface area contributed by atoms with Gasteiger partial charge in [0.05, 0.1) is 25.4 Å². The Balaban J connectivity index is 2.35. The van der Waals surface area contributed by atoms with E-state index in [1.807, 2.05) is 0 Å². The lowest BCUT2D eigenvalue weighted by atomic mass is 9.99. The zero-order chi connectivity index (χ0) is 37.4. The third kappa shape index (κ3) is 24.4. The molecule has 7 unspecified atom stereocenters. The van der Waals surface area contributed by atoms with Gasteiger partial charge in [-0.2, -0.15) is 0 Å². The quantitative estimate of drug-likeness (QED) is 0.0298. The molecule has 0 spiro atoms. The topological polar surface area (TPSA) is 149 Å². The molecular formula is C42H77NO8. The highest BCUT2D eigenvalue weighted by Gasteiger charge is 2.44. The zero-order valence-corrected chi connectivity index (χ0v) is 32.4. The molecular weight excluding hydrogens is 646 g/mol. The summed E-state index contributed by atoms with van der Waals surface area (Å²) in [5.74, 6) is -0.161. The van der Waals surface area contributed by atoms with Crippen molar-refractivity contribution in [2.75, 3.05) is 13.2 Å². The average molecular weight is 724 g/mol. The van der Waals surface area contributed by atoms with E-state index >= 15 is 0 Å². The van der Waals surface area contributed by atoms with Crippen LogP contribution in [0.25, 0.3) is 0 Å². The smallest absolute Gasteiger partial charge is 0.220 e. The Morgan fingerprint density at radius 3 is 1.75 bits per heavy atom. The van der Waals surface area contributed by atoms with Gasteiger partial charge < -0.3 is 40.3 Å². The second kappa shape index (κ2) is 33.0. The Bertz CT molecular complexity index is 894. The van der Waals surface area contributed by atoms with E-state index in [2.05, 4.69) is 55.6 Å². The lowest BCUT2D eigenvalue weighted by molar-refractivity contribution is -0.302. The lowest BCUT2D eigenvalue weighted by Gasteiger charge is -2.40. The first kappa shape index (κ1) is 47.4. The minimum absolute atomic E-state index is 0.145. The van der Waals surface area contributed by atoms with E-state index in [0.717, 1.165) is 64.2 Å². The highest BCUT2D eigenvalue weighted by molar-refractivity contribution is 5.76. The molecule has 6 N–H and O–H groups in total. The van der Waals surface area contributed by atoms with Crippen molar-refractivity contribution in [1.29, 1.82) is 0 Å². The summed E-state index contributed by atoms with van der Waals surface area (Å²) in [6.07, 6.45) is 31.5. The lowest BCUT2D eigenvalue weighted by Crippen LogP contribution is -2.60. The average Bonchev–Trinajstić information content (AvgIpc) is 3.13. The number of amides is 1. The molecule has 9 nitrogen and oxygen atoms in total. The molecule has 1 heterocycles. The van der Waals surface area contributed by atoms with Crippen molar-refractivity contribution in [1.82, 2.24) is 5.32 Å². The number of carbonyl (C=O) groups excluding carboxylic acids is 1. The molecule has 0 aromatic rings. The maximum absolute atomic E-state index is 12.9. The second-order valence-electron chi connectivity index (χ2n) is 14.4. The van der Waals surface area contributed by atoms with Gasteiger partial charge in [-0.15, -0.1) is 0 Å². The molecule has 1 saturated heterocycles. The minimum Gasteiger partial charge on any atom is -0.394 e. The maximum Gasteiger partial charge on any atom is 0.220 e. The predicted molar refractivity (Wildman–Crippen MR) is 207 cm³/mol. The van der Waals surface area contributed by atoms with E-state index in [1.165, 1.54) is 77.0 Å². The van der Waals surface area contributed by atoms with Crippen LogP contribution in [0.3, 0.4) is 0 Å². The Labute approximate surface area is 311 Å². The number of aliphatic hydroxyl groups excluding tert-OH is 5. The summed E-state index contributed by atoms with van der Waals surface area (Å²) in [6, 6.07) is -0.723. The first-order valence-corrected chi connectivity index (χ1v) is 20.7. The molecule has 7 atom stereocenters. The van der Waals surface area contributed by atoms with Crippen molar-refractivity contribution < 1.29 is 39.8 Å². The third-order valence-electron chi connectivity index (χ3n) is 9.75. The summed E-state index contributed by atoms with van der Waals surface area (Å²) in [6.45, 7) is 3.75. The van der Waals surface area contributed by atoms with Crippen LogP contribution in [0.2, 0.25) is 0 Å². The van der Waals surface area contributed by atoms with Crippen LogP contribution in [0.15, 0.2) is 36.5 Å². The largest absolute Gasteiger partial charge is 0.394 e. The van der Waals surface area contributed by atoms with Crippen LogP contribution in [-0.2, 0) is 14.3 Å². The van der Waals surface area contributed by atoms with Gasteiger partial charge in [0.15, 0.2) is 6.29 Å². The number of hydrogen-bond acceptors (Lipinski definition) is 8. The molecule has 0 saturated carbocycles. The first-order chi connectivity index (χ1) is 24.8. The number of unbranched alkanes of at least 4 members (excludes halogenated alkanes) is 17. The normalized spacial score (nSPS) is 22.4. The van der Waals surface area contributed by atoms with E-state index in [1.54, 1.807) is 0 Å². The number of aliphatic hydroxyl groups is 5. The van der Waals surface area contributed by atoms with E-state index in [4.69, 9.17) is 9.47 Å². The Hall–Kier alpha value is -1.59. The van der Waals surface area contributed by atoms with E-state index < -0.39 is 49.5 Å². The fraction of sp³-hybridized carbons (Fsp3) is 0.833. The number of carbonyl (C=O) groups is 1. The molecule has 0 aromatic carbocycles. The van der Waals surface area contributed by atoms with Gasteiger partial charge in [0, 0.05) is 6.42 Å². The Morgan fingerprint density at radius 2 is 1.16 bits per heavy atom. The van der Waals surface area contributed by atoms with Crippen LogP contribution in [0, 0.1) is 0 Å². The number of nitrogens with one attached hydrogen (secondary N) is 1. The van der Waals surface area contributed by atoms with Crippen molar-refractivity contribution in [3.8, 4) is 0 Å². The van der Waals surface area contributed by atoms with Gasteiger partial charge in [-0.05, 0) is 51.4 Å². The minimum atomic E-state index is -1.55. The van der Waals surface area contributed by atoms with Crippen molar-refractivity contribution in [2.45, 2.75) is 211 Å². The third-order valence-corrected chi connectivity index (χ3v) is 9.75. The summed E-state index contributed by atoms with van der Waals surface area (Å²) in [4.78, 5) is 12.9. The van der Waals surface area contributed by atoms with Crippen LogP contribution in [-0.4, -0.2) is 87.5 Å². The van der Waals surface area contributed by atoms with Crippen molar-refractivity contribution >= 4 is 5.91 Å². The maximum atomic E-state index is 12.9. The second-order valence-corrected chi connectivity index (χ2v) is 14.4. The fourth-order valence-corrected chi connectivity index (χ4v) is 6.34. The van der Waals surface area contributed by atoms with Gasteiger partial charge in [-0.3, -0.25) is 4.79 Å². The summed E-state index contributed by atoms with van der Waals surface area (Å²) in [7, 11) is 0. The van der Waals surface area contributed by atoms with E-state index in [0.29, 0.717) is 12.8 Å². The van der Waals surface area contributed by atoms with Gasteiger partial charge in [0.25, 0.3) is 0 Å². The summed E-state index contributed by atoms with van der Waals surface area (Å²) in [5, 5.41) is 54.0. The summed E-state index contributed by atoms with van der Waals surface area (Å²) < 4.78 is 11.2. The van der Waals surface area contributed by atoms with Crippen LogP contribution < -0.4 is 5.32 Å². The molecule has 1 rings (SSSR count). The zero-order valence-electron chi connectivity index (χ0n) is 32.4. The SMILES string of the molecule is CCCCC/C=C\C/C=C\C/C=C\CCCCCCCCC(=O)NC(COC1OC(CO)C(O)C(O)C1O)C(O)CCCCCCCCCCC. The standard InChI is InChI=1S/C42H77NO8/c1-3-5-7-9-11-13-14-15-16-17-18-19-20-21-22-24-26-28-30-32-38(46)43-35(36(45)31-29-27-25-23-12-10-8-6-4-2)34-50-42-41(49)40(48)39(47)37(33-44)51-42/h11,13,15-16,18-19,35-37,39-42,44-45,47-49H,3-10,12,14,17,20-34H2,1-2H3,(H,43,46)/b13-11-,16-15-,19-18-. The predicted octanol–water partition coefficient (Wildman–Crippen LogP) is 7.72. The molecule has 1 aliphatic heterocycles. The van der Waals surface area contributed by atoms with Crippen LogP contribution >= 0.6 is 0 Å². The molecule has 9 heteroatoms. The van der Waals surface area contributed by atoms with Crippen LogP contribution in [0.4, 0.5) is 0 Å². The number of rotatable bonds is 33. The number of hydrogen-bond donors (Lipinski definition) is 6. The van der Waals surface area contributed by atoms with Gasteiger partial charge in [0.2, 0.25) is 5.91 Å². The molecule has 0 bridgehead atoms. The number of allylic oxidation sites excluding steroid dienone is 6. The Kier molecular flexibility index (Phi) is 30.7. The molecule has 0 radical (unpaired) electrons. The molecule has 1 fully saturated rings. The molecule has 1 aliphatic rings. The van der Waals surface area contributed by atoms with Crippen LogP contribution in [0.5, 0.6) is 0 Å². The fourth-order valence-electron chi connectivity index (χ4n) is 6.34. The van der Waals surface area contributed by atoms with Gasteiger partial charge in [-0.25, -0.2) is 0 Å². The Morgan fingerprint density at radius 1 is 0.667 bits per heavy atom. The van der Waals surface area contributed by atoms with Crippen LogP contribution in [0.1, 0.15) is 168 Å². The molecule has 51 heavy (non-hydrogen) atoms. The highest BCUT2D eigenvalue weighted by Crippen LogP contribution is 2.23. The number of ether oxygens (including phenoxy) is 2. The van der Waals surface area contributed by atoms with Crippen molar-refractivity contribution in [3.63, 3.8) is 0 Å². The molecule has 1 amide bonds.